The molecule has 0 spiro atoms. The van der Waals surface area contributed by atoms with Crippen molar-refractivity contribution in [2.24, 2.45) is 0 Å². The SMILES string of the molecule is N#Cc1cc(-n2c(=O)nc3n(Cc4ccc(Cl)nc4)cccc-3c2=O)ccc1Cl. The molecule has 1 aromatic carbocycles. The number of halogens is 2. The number of pyridine rings is 2. The Morgan fingerprint density at radius 2 is 1.93 bits per heavy atom. The van der Waals surface area contributed by atoms with Crippen molar-refractivity contribution in [3.8, 4) is 23.1 Å². The number of aromatic nitrogens is 4. The van der Waals surface area contributed by atoms with Crippen LogP contribution >= 0.6 is 23.2 Å². The van der Waals surface area contributed by atoms with Crippen LogP contribution < -0.4 is 11.2 Å². The first-order valence-corrected chi connectivity index (χ1v) is 9.16. The topological polar surface area (TPSA) is 93.6 Å². The molecule has 2 aliphatic rings. The van der Waals surface area contributed by atoms with E-state index in [1.54, 1.807) is 41.2 Å². The van der Waals surface area contributed by atoms with E-state index in [1.807, 2.05) is 6.07 Å². The number of fused-ring (bicyclic) bond motifs is 1. The summed E-state index contributed by atoms with van der Waals surface area (Å²) in [4.78, 5) is 33.9. The summed E-state index contributed by atoms with van der Waals surface area (Å²) < 4.78 is 2.61. The van der Waals surface area contributed by atoms with Crippen LogP contribution in [-0.2, 0) is 6.54 Å². The van der Waals surface area contributed by atoms with Gasteiger partial charge in [0, 0.05) is 12.4 Å². The van der Waals surface area contributed by atoms with Crippen LogP contribution in [0.2, 0.25) is 10.2 Å². The molecule has 142 valence electrons. The average Bonchev–Trinajstić information content (AvgIpc) is 2.71. The molecular weight excluding hydrogens is 413 g/mol. The highest BCUT2D eigenvalue weighted by atomic mass is 35.5. The van der Waals surface area contributed by atoms with Gasteiger partial charge in [-0.1, -0.05) is 29.3 Å². The summed E-state index contributed by atoms with van der Waals surface area (Å²) >= 11 is 11.8. The Kier molecular flexibility index (Phi) is 4.89. The van der Waals surface area contributed by atoms with Gasteiger partial charge >= 0.3 is 5.69 Å². The van der Waals surface area contributed by atoms with Crippen LogP contribution in [0.4, 0.5) is 0 Å². The van der Waals surface area contributed by atoms with Crippen molar-refractivity contribution in [3.63, 3.8) is 0 Å². The van der Waals surface area contributed by atoms with Crippen molar-refractivity contribution < 1.29 is 0 Å². The first kappa shape index (κ1) is 18.9. The number of nitrogens with zero attached hydrogens (tertiary/aromatic N) is 5. The van der Waals surface area contributed by atoms with Crippen LogP contribution in [0.25, 0.3) is 17.1 Å². The summed E-state index contributed by atoms with van der Waals surface area (Å²) in [6, 6.07) is 13.0. The van der Waals surface area contributed by atoms with Gasteiger partial charge in [-0.05, 0) is 42.0 Å². The van der Waals surface area contributed by atoms with Crippen molar-refractivity contribution >= 4 is 23.2 Å². The molecule has 0 fully saturated rings. The minimum atomic E-state index is -0.747. The van der Waals surface area contributed by atoms with Crippen molar-refractivity contribution in [1.29, 1.82) is 5.26 Å². The first-order valence-electron chi connectivity index (χ1n) is 8.40. The summed E-state index contributed by atoms with van der Waals surface area (Å²) in [6.07, 6.45) is 3.34. The second-order valence-electron chi connectivity index (χ2n) is 6.17. The van der Waals surface area contributed by atoms with Crippen molar-refractivity contribution in [1.82, 2.24) is 19.1 Å². The van der Waals surface area contributed by atoms with Gasteiger partial charge in [0.05, 0.1) is 28.4 Å². The molecule has 0 unspecified atom stereocenters. The Labute approximate surface area is 174 Å². The van der Waals surface area contributed by atoms with Gasteiger partial charge in [-0.25, -0.2) is 14.3 Å². The quantitative estimate of drug-likeness (QED) is 0.471. The number of benzene rings is 1. The molecular formula is C20H11Cl2N5O2. The van der Waals surface area contributed by atoms with E-state index in [0.29, 0.717) is 11.7 Å². The monoisotopic (exact) mass is 423 g/mol. The Hall–Kier alpha value is -3.47. The zero-order valence-corrected chi connectivity index (χ0v) is 16.2. The summed E-state index contributed by atoms with van der Waals surface area (Å²) in [5.74, 6) is 0.253. The third-order valence-electron chi connectivity index (χ3n) is 4.34. The number of rotatable bonds is 3. The van der Waals surface area contributed by atoms with E-state index in [4.69, 9.17) is 28.5 Å². The summed E-state index contributed by atoms with van der Waals surface area (Å²) in [7, 11) is 0. The summed E-state index contributed by atoms with van der Waals surface area (Å²) in [5.41, 5.74) is 0.212. The number of nitriles is 1. The molecule has 0 aliphatic carbocycles. The van der Waals surface area contributed by atoms with Gasteiger partial charge in [0.1, 0.15) is 11.2 Å². The molecule has 9 heteroatoms. The molecule has 29 heavy (non-hydrogen) atoms. The molecule has 0 saturated carbocycles. The molecule has 1 aromatic heterocycles. The molecule has 2 aromatic rings. The minimum absolute atomic E-state index is 0.161. The molecule has 0 bridgehead atoms. The van der Waals surface area contributed by atoms with Crippen molar-refractivity contribution in [2.45, 2.75) is 6.54 Å². The third-order valence-corrected chi connectivity index (χ3v) is 4.89. The fourth-order valence-electron chi connectivity index (χ4n) is 2.97. The second-order valence-corrected chi connectivity index (χ2v) is 6.97. The normalized spacial score (nSPS) is 10.8. The number of hydrogen-bond donors (Lipinski definition) is 0. The lowest BCUT2D eigenvalue weighted by atomic mass is 10.2. The largest absolute Gasteiger partial charge is 0.357 e. The molecule has 3 heterocycles. The van der Waals surface area contributed by atoms with E-state index < -0.39 is 11.2 Å². The summed E-state index contributed by atoms with van der Waals surface area (Å²) in [6.45, 7) is 0.358. The zero-order valence-electron chi connectivity index (χ0n) is 14.7. The molecule has 0 saturated heterocycles. The first-order chi connectivity index (χ1) is 14.0. The van der Waals surface area contributed by atoms with E-state index in [9.17, 15) is 9.59 Å². The van der Waals surface area contributed by atoms with Crippen molar-refractivity contribution in [3.05, 3.63) is 97.0 Å². The smallest absolute Gasteiger partial charge is 0.328 e. The molecule has 0 amide bonds. The van der Waals surface area contributed by atoms with Crippen LogP contribution in [-0.4, -0.2) is 19.1 Å². The number of hydrogen-bond acceptors (Lipinski definition) is 5. The van der Waals surface area contributed by atoms with E-state index in [2.05, 4.69) is 9.97 Å². The highest BCUT2D eigenvalue weighted by Crippen LogP contribution is 2.20. The average molecular weight is 424 g/mol. The predicted molar refractivity (Wildman–Crippen MR) is 109 cm³/mol. The van der Waals surface area contributed by atoms with Crippen molar-refractivity contribution in [2.75, 3.05) is 0 Å². The Balaban J connectivity index is 1.87. The molecule has 7 nitrogen and oxygen atoms in total. The van der Waals surface area contributed by atoms with E-state index >= 15 is 0 Å². The van der Waals surface area contributed by atoms with Gasteiger partial charge in [0.15, 0.2) is 5.82 Å². The minimum Gasteiger partial charge on any atom is -0.328 e. The lowest BCUT2D eigenvalue weighted by Gasteiger charge is -2.15. The van der Waals surface area contributed by atoms with Gasteiger partial charge in [0.2, 0.25) is 0 Å². The van der Waals surface area contributed by atoms with Crippen LogP contribution in [0.3, 0.4) is 0 Å². The van der Waals surface area contributed by atoms with Crippen LogP contribution in [0, 0.1) is 11.3 Å². The van der Waals surface area contributed by atoms with E-state index in [-0.39, 0.29) is 27.7 Å². The molecule has 0 atom stereocenters. The maximum Gasteiger partial charge on any atom is 0.357 e. The Bertz CT molecular complexity index is 1350. The van der Waals surface area contributed by atoms with Gasteiger partial charge in [0.25, 0.3) is 5.56 Å². The fraction of sp³-hybridized carbons (Fsp3) is 0.0500. The molecule has 4 rings (SSSR count). The maximum absolute atomic E-state index is 13.0. The molecule has 0 N–H and O–H groups in total. The highest BCUT2D eigenvalue weighted by molar-refractivity contribution is 6.31. The second kappa shape index (κ2) is 7.51. The fourth-order valence-corrected chi connectivity index (χ4v) is 3.24. The lowest BCUT2D eigenvalue weighted by Crippen LogP contribution is -2.36. The van der Waals surface area contributed by atoms with Crippen LogP contribution in [0.5, 0.6) is 0 Å². The maximum atomic E-state index is 13.0. The van der Waals surface area contributed by atoms with Gasteiger partial charge in [-0.3, -0.25) is 4.79 Å². The zero-order chi connectivity index (χ0) is 20.5. The Morgan fingerprint density at radius 3 is 2.66 bits per heavy atom. The summed E-state index contributed by atoms with van der Waals surface area (Å²) in [5, 5.41) is 9.77. The Morgan fingerprint density at radius 1 is 1.10 bits per heavy atom. The predicted octanol–water partition coefficient (Wildman–Crippen LogP) is 3.12. The van der Waals surface area contributed by atoms with Crippen LogP contribution in [0.1, 0.15) is 11.1 Å². The molecule has 0 radical (unpaired) electrons. The van der Waals surface area contributed by atoms with E-state index in [1.165, 1.54) is 18.2 Å². The molecule has 2 aliphatic heterocycles. The lowest BCUT2D eigenvalue weighted by molar-refractivity contribution is 0.750. The van der Waals surface area contributed by atoms with Gasteiger partial charge < -0.3 is 4.57 Å². The standard InChI is InChI=1S/C20H11Cl2N5O2/c21-16-5-4-14(8-13(16)9-23)27-19(28)15-2-1-7-26(18(15)25-20(27)29)11-12-3-6-17(22)24-10-12/h1-8,10H,11H2. The van der Waals surface area contributed by atoms with Gasteiger partial charge in [-0.2, -0.15) is 10.2 Å². The third kappa shape index (κ3) is 3.51. The van der Waals surface area contributed by atoms with Crippen LogP contribution in [0.15, 0.2) is 64.4 Å². The van der Waals surface area contributed by atoms with Gasteiger partial charge in [-0.15, -0.1) is 0 Å². The van der Waals surface area contributed by atoms with E-state index in [0.717, 1.165) is 10.1 Å². The highest BCUT2D eigenvalue weighted by Gasteiger charge is 2.18.